The molecule has 0 spiro atoms. The van der Waals surface area contributed by atoms with Crippen molar-refractivity contribution in [2.45, 2.75) is 46.9 Å². The Hall–Kier alpha value is 0.0649. The molecule has 0 aliphatic heterocycles. The molecule has 0 amide bonds. The van der Waals surface area contributed by atoms with E-state index in [-0.39, 0.29) is 0 Å². The summed E-state index contributed by atoms with van der Waals surface area (Å²) in [5.74, 6) is 0.972. The molecule has 0 aromatic carbocycles. The van der Waals surface area contributed by atoms with Crippen molar-refractivity contribution >= 4 is 7.85 Å². The maximum absolute atomic E-state index is 5.74. The first-order valence-corrected chi connectivity index (χ1v) is 4.08. The second kappa shape index (κ2) is 3.45. The summed E-state index contributed by atoms with van der Waals surface area (Å²) >= 11 is 0. The van der Waals surface area contributed by atoms with Gasteiger partial charge in [-0.05, 0) is 17.8 Å². The molecule has 0 fully saturated rings. The Bertz CT molecular complexity index is 89.4. The van der Waals surface area contributed by atoms with E-state index in [0.717, 1.165) is 0 Å². The summed E-state index contributed by atoms with van der Waals surface area (Å²) in [6.45, 7) is 11.1. The lowest BCUT2D eigenvalue weighted by atomic mass is 9.72. The Morgan fingerprint density at radius 1 is 1.20 bits per heavy atom. The van der Waals surface area contributed by atoms with E-state index in [1.165, 1.54) is 6.42 Å². The lowest BCUT2D eigenvalue weighted by Crippen LogP contribution is -2.13. The van der Waals surface area contributed by atoms with Crippen LogP contribution in [0.1, 0.15) is 41.0 Å². The number of hydrogen-bond acceptors (Lipinski definition) is 0. The Balaban J connectivity index is 3.68. The highest BCUT2D eigenvalue weighted by atomic mass is 14.2. The average molecular weight is 138 g/mol. The van der Waals surface area contributed by atoms with Crippen molar-refractivity contribution in [3.8, 4) is 0 Å². The fraction of sp³-hybridized carbons (Fsp3) is 1.00. The lowest BCUT2D eigenvalue weighted by molar-refractivity contribution is 0.302. The minimum Gasteiger partial charge on any atom is -0.0776 e. The smallest absolute Gasteiger partial charge is 0.0699 e. The normalized spacial score (nSPS) is 18.5. The first-order valence-electron chi connectivity index (χ1n) is 4.08. The van der Waals surface area contributed by atoms with Gasteiger partial charge in [0.05, 0.1) is 7.85 Å². The van der Waals surface area contributed by atoms with Gasteiger partial charge in [-0.1, -0.05) is 40.4 Å². The molecule has 0 saturated heterocycles. The highest BCUT2D eigenvalue weighted by molar-refractivity contribution is 6.11. The van der Waals surface area contributed by atoms with Gasteiger partial charge in [-0.3, -0.25) is 0 Å². The topological polar surface area (TPSA) is 0 Å². The summed E-state index contributed by atoms with van der Waals surface area (Å²) in [4.78, 5) is 0. The molecule has 0 aromatic rings. The van der Waals surface area contributed by atoms with Crippen LogP contribution < -0.4 is 0 Å². The predicted molar refractivity (Wildman–Crippen MR) is 48.4 cm³/mol. The second-order valence-corrected chi connectivity index (χ2v) is 4.60. The molecule has 0 bridgehead atoms. The Kier molecular flexibility index (Phi) is 3.48. The fourth-order valence-corrected chi connectivity index (χ4v) is 1.15. The molecule has 10 heavy (non-hydrogen) atoms. The molecular formula is C9H19B. The van der Waals surface area contributed by atoms with Crippen molar-refractivity contribution in [1.82, 2.24) is 0 Å². The van der Waals surface area contributed by atoms with Crippen molar-refractivity contribution in [2.75, 3.05) is 0 Å². The molecule has 2 radical (unpaired) electrons. The van der Waals surface area contributed by atoms with E-state index in [2.05, 4.69) is 34.6 Å². The van der Waals surface area contributed by atoms with Crippen LogP contribution in [0.5, 0.6) is 0 Å². The largest absolute Gasteiger partial charge is 0.0776 e. The third-order valence-corrected chi connectivity index (χ3v) is 1.83. The summed E-state index contributed by atoms with van der Waals surface area (Å²) in [5, 5.41) is 0. The minimum absolute atomic E-state index is 0.333. The van der Waals surface area contributed by atoms with E-state index in [4.69, 9.17) is 7.85 Å². The molecule has 0 aliphatic carbocycles. The van der Waals surface area contributed by atoms with E-state index in [0.29, 0.717) is 17.2 Å². The van der Waals surface area contributed by atoms with Crippen LogP contribution in [0.2, 0.25) is 5.82 Å². The molecular weight excluding hydrogens is 119 g/mol. The second-order valence-electron chi connectivity index (χ2n) is 4.60. The predicted octanol–water partition coefficient (Wildman–Crippen LogP) is 3.04. The third kappa shape index (κ3) is 4.90. The minimum atomic E-state index is 0.333. The van der Waals surface area contributed by atoms with Crippen molar-refractivity contribution in [3.05, 3.63) is 0 Å². The molecule has 0 saturated carbocycles. The van der Waals surface area contributed by atoms with E-state index in [1.807, 2.05) is 0 Å². The van der Waals surface area contributed by atoms with Crippen molar-refractivity contribution in [3.63, 3.8) is 0 Å². The molecule has 1 heteroatoms. The third-order valence-electron chi connectivity index (χ3n) is 1.83. The zero-order valence-electron chi connectivity index (χ0n) is 7.94. The molecule has 0 heterocycles. The lowest BCUT2D eigenvalue weighted by Gasteiger charge is -2.25. The van der Waals surface area contributed by atoms with Gasteiger partial charge in [-0.15, -0.1) is 0 Å². The van der Waals surface area contributed by atoms with Gasteiger partial charge >= 0.3 is 0 Å². The van der Waals surface area contributed by atoms with Crippen LogP contribution in [0, 0.1) is 11.3 Å². The molecule has 2 unspecified atom stereocenters. The van der Waals surface area contributed by atoms with Crippen molar-refractivity contribution in [2.24, 2.45) is 11.3 Å². The van der Waals surface area contributed by atoms with Gasteiger partial charge in [0.2, 0.25) is 0 Å². The molecule has 0 N–H and O–H groups in total. The van der Waals surface area contributed by atoms with Crippen LogP contribution in [0.25, 0.3) is 0 Å². The summed E-state index contributed by atoms with van der Waals surface area (Å²) in [5.41, 5.74) is 0.424. The van der Waals surface area contributed by atoms with Gasteiger partial charge in [-0.25, -0.2) is 0 Å². The molecule has 0 aromatic heterocycles. The van der Waals surface area contributed by atoms with Gasteiger partial charge in [0.1, 0.15) is 0 Å². The average Bonchev–Trinajstić information content (AvgIpc) is 1.60. The first kappa shape index (κ1) is 10.1. The number of rotatable bonds is 2. The summed E-state index contributed by atoms with van der Waals surface area (Å²) in [6.07, 6.45) is 1.21. The zero-order chi connectivity index (χ0) is 8.36. The zero-order valence-corrected chi connectivity index (χ0v) is 7.94. The van der Waals surface area contributed by atoms with Crippen LogP contribution in [0.3, 0.4) is 0 Å². The van der Waals surface area contributed by atoms with Crippen LogP contribution in [-0.2, 0) is 0 Å². The first-order chi connectivity index (χ1) is 4.33. The molecule has 0 rings (SSSR count). The Labute approximate surface area is 66.8 Å². The van der Waals surface area contributed by atoms with Gasteiger partial charge in [0, 0.05) is 0 Å². The monoisotopic (exact) mass is 138 g/mol. The van der Waals surface area contributed by atoms with Gasteiger partial charge in [0.25, 0.3) is 0 Å². The molecule has 0 aliphatic rings. The van der Waals surface area contributed by atoms with Crippen LogP contribution in [0.15, 0.2) is 0 Å². The van der Waals surface area contributed by atoms with Crippen LogP contribution >= 0.6 is 0 Å². The summed E-state index contributed by atoms with van der Waals surface area (Å²) < 4.78 is 0. The van der Waals surface area contributed by atoms with E-state index in [9.17, 15) is 0 Å². The highest BCUT2D eigenvalue weighted by Gasteiger charge is 2.16. The summed E-state index contributed by atoms with van der Waals surface area (Å²) in [7, 11) is 5.74. The summed E-state index contributed by atoms with van der Waals surface area (Å²) in [6, 6.07) is 0. The molecule has 58 valence electrons. The molecule has 0 nitrogen and oxygen atoms in total. The van der Waals surface area contributed by atoms with Crippen molar-refractivity contribution < 1.29 is 0 Å². The SMILES string of the molecule is [B]C(C)C(C)CC(C)(C)C. The Morgan fingerprint density at radius 2 is 1.60 bits per heavy atom. The van der Waals surface area contributed by atoms with Crippen LogP contribution in [0.4, 0.5) is 0 Å². The maximum atomic E-state index is 5.74. The highest BCUT2D eigenvalue weighted by Crippen LogP contribution is 2.29. The maximum Gasteiger partial charge on any atom is 0.0699 e. The Morgan fingerprint density at radius 3 is 1.70 bits per heavy atom. The van der Waals surface area contributed by atoms with Gasteiger partial charge < -0.3 is 0 Å². The van der Waals surface area contributed by atoms with Crippen molar-refractivity contribution in [1.29, 1.82) is 0 Å². The van der Waals surface area contributed by atoms with E-state index in [1.54, 1.807) is 0 Å². The standard InChI is InChI=1S/C9H19B/c1-7(8(2)10)6-9(3,4)5/h7-8H,6H2,1-5H3. The van der Waals surface area contributed by atoms with Crippen LogP contribution in [-0.4, -0.2) is 7.85 Å². The van der Waals surface area contributed by atoms with Gasteiger partial charge in [-0.2, -0.15) is 0 Å². The molecule has 2 atom stereocenters. The quantitative estimate of drug-likeness (QED) is 0.514. The van der Waals surface area contributed by atoms with E-state index >= 15 is 0 Å². The number of hydrogen-bond donors (Lipinski definition) is 0. The van der Waals surface area contributed by atoms with Gasteiger partial charge in [0.15, 0.2) is 0 Å². The fourth-order valence-electron chi connectivity index (χ4n) is 1.15. The van der Waals surface area contributed by atoms with E-state index < -0.39 is 0 Å².